The molecule has 0 bridgehead atoms. The first-order chi connectivity index (χ1) is 6.64. The van der Waals surface area contributed by atoms with Crippen LogP contribution in [-0.2, 0) is 4.74 Å². The van der Waals surface area contributed by atoms with E-state index in [0.717, 1.165) is 31.8 Å². The van der Waals surface area contributed by atoms with Crippen LogP contribution in [0.15, 0.2) is 0 Å². The highest BCUT2D eigenvalue weighted by molar-refractivity contribution is 6.18. The molecule has 0 spiro atoms. The van der Waals surface area contributed by atoms with Crippen LogP contribution in [0, 0.1) is 5.41 Å². The van der Waals surface area contributed by atoms with Crippen molar-refractivity contribution >= 4 is 11.6 Å². The summed E-state index contributed by atoms with van der Waals surface area (Å²) >= 11 is 6.00. The normalized spacial score (nSPS) is 14.4. The van der Waals surface area contributed by atoms with E-state index in [1.165, 1.54) is 0 Å². The summed E-state index contributed by atoms with van der Waals surface area (Å²) in [7, 11) is 1.74. The quantitative estimate of drug-likeness (QED) is 0.637. The maximum absolute atomic E-state index is 6.00. The fourth-order valence-electron chi connectivity index (χ4n) is 1.36. The van der Waals surface area contributed by atoms with Gasteiger partial charge in [0.2, 0.25) is 0 Å². The summed E-state index contributed by atoms with van der Waals surface area (Å²) in [5.41, 5.74) is 0.259. The molecule has 0 amide bonds. The van der Waals surface area contributed by atoms with Crippen molar-refractivity contribution in [1.82, 2.24) is 5.32 Å². The van der Waals surface area contributed by atoms with Crippen molar-refractivity contribution in [2.24, 2.45) is 5.41 Å². The Morgan fingerprint density at radius 1 is 1.36 bits per heavy atom. The average molecular weight is 222 g/mol. The Morgan fingerprint density at radius 3 is 2.29 bits per heavy atom. The summed E-state index contributed by atoms with van der Waals surface area (Å²) in [4.78, 5) is 0. The molecule has 0 saturated carbocycles. The fourth-order valence-corrected chi connectivity index (χ4v) is 1.83. The van der Waals surface area contributed by atoms with Gasteiger partial charge >= 0.3 is 0 Å². The van der Waals surface area contributed by atoms with E-state index in [4.69, 9.17) is 16.3 Å². The number of alkyl halides is 1. The second-order valence-electron chi connectivity index (χ2n) is 4.02. The van der Waals surface area contributed by atoms with Gasteiger partial charge in [-0.25, -0.2) is 0 Å². The van der Waals surface area contributed by atoms with Crippen molar-refractivity contribution in [2.75, 3.05) is 26.1 Å². The Kier molecular flexibility index (Phi) is 7.61. The van der Waals surface area contributed by atoms with Crippen molar-refractivity contribution in [2.45, 2.75) is 39.7 Å². The molecule has 1 N–H and O–H groups in total. The lowest BCUT2D eigenvalue weighted by Crippen LogP contribution is -2.38. The molecule has 0 heterocycles. The number of hydrogen-bond donors (Lipinski definition) is 1. The first-order valence-corrected chi connectivity index (χ1v) is 5.97. The summed E-state index contributed by atoms with van der Waals surface area (Å²) in [6.07, 6.45) is 2.53. The molecule has 0 aliphatic carbocycles. The minimum atomic E-state index is 0.259. The zero-order valence-corrected chi connectivity index (χ0v) is 10.7. The lowest BCUT2D eigenvalue weighted by Gasteiger charge is -2.30. The number of ether oxygens (including phenoxy) is 1. The molecule has 0 rings (SSSR count). The second-order valence-corrected chi connectivity index (χ2v) is 4.29. The van der Waals surface area contributed by atoms with Gasteiger partial charge in [0, 0.05) is 26.1 Å². The van der Waals surface area contributed by atoms with E-state index in [1.54, 1.807) is 7.11 Å². The SMILES string of the molecule is CCC(CC)(CCl)CNCC(C)OC. The highest BCUT2D eigenvalue weighted by atomic mass is 35.5. The molecule has 1 atom stereocenters. The van der Waals surface area contributed by atoms with Crippen LogP contribution in [0.1, 0.15) is 33.6 Å². The van der Waals surface area contributed by atoms with Crippen molar-refractivity contribution in [3.8, 4) is 0 Å². The van der Waals surface area contributed by atoms with E-state index in [1.807, 2.05) is 0 Å². The molecule has 0 aliphatic heterocycles. The number of nitrogens with one attached hydrogen (secondary N) is 1. The van der Waals surface area contributed by atoms with E-state index in [2.05, 4.69) is 26.1 Å². The maximum atomic E-state index is 6.00. The van der Waals surface area contributed by atoms with Crippen LogP contribution in [0.4, 0.5) is 0 Å². The van der Waals surface area contributed by atoms with Crippen LogP contribution in [0.3, 0.4) is 0 Å². The fraction of sp³-hybridized carbons (Fsp3) is 1.00. The molecule has 0 saturated heterocycles. The first kappa shape index (κ1) is 14.2. The van der Waals surface area contributed by atoms with Crippen molar-refractivity contribution in [1.29, 1.82) is 0 Å². The number of methoxy groups -OCH3 is 1. The van der Waals surface area contributed by atoms with Gasteiger partial charge in [0.05, 0.1) is 6.10 Å². The zero-order chi connectivity index (χ0) is 11.0. The molecule has 0 radical (unpaired) electrons. The molecular formula is C11H24ClNO. The van der Waals surface area contributed by atoms with Gasteiger partial charge in [-0.3, -0.25) is 0 Å². The average Bonchev–Trinajstić information content (AvgIpc) is 2.25. The molecule has 2 nitrogen and oxygen atoms in total. The van der Waals surface area contributed by atoms with Gasteiger partial charge in [-0.1, -0.05) is 13.8 Å². The van der Waals surface area contributed by atoms with Crippen LogP contribution in [0.5, 0.6) is 0 Å². The number of rotatable bonds is 8. The lowest BCUT2D eigenvalue weighted by molar-refractivity contribution is 0.113. The van der Waals surface area contributed by atoms with Crippen LogP contribution in [0.25, 0.3) is 0 Å². The van der Waals surface area contributed by atoms with Gasteiger partial charge in [0.25, 0.3) is 0 Å². The van der Waals surface area contributed by atoms with Gasteiger partial charge < -0.3 is 10.1 Å². The number of hydrogen-bond acceptors (Lipinski definition) is 2. The molecule has 0 aromatic rings. The predicted molar refractivity (Wildman–Crippen MR) is 63.1 cm³/mol. The standard InChI is InChI=1S/C11H24ClNO/c1-5-11(6-2,8-12)9-13-7-10(3)14-4/h10,13H,5-9H2,1-4H3. The predicted octanol–water partition coefficient (Wildman–Crippen LogP) is 2.66. The van der Waals surface area contributed by atoms with Crippen LogP contribution < -0.4 is 5.32 Å². The maximum Gasteiger partial charge on any atom is 0.0667 e. The minimum Gasteiger partial charge on any atom is -0.380 e. The third-order valence-electron chi connectivity index (χ3n) is 3.12. The van der Waals surface area contributed by atoms with E-state index < -0.39 is 0 Å². The minimum absolute atomic E-state index is 0.259. The smallest absolute Gasteiger partial charge is 0.0667 e. The summed E-state index contributed by atoms with van der Waals surface area (Å²) in [5, 5.41) is 3.42. The highest BCUT2D eigenvalue weighted by Gasteiger charge is 2.24. The zero-order valence-electron chi connectivity index (χ0n) is 9.90. The summed E-state index contributed by atoms with van der Waals surface area (Å²) in [5.74, 6) is 0.731. The largest absolute Gasteiger partial charge is 0.380 e. The third kappa shape index (κ3) is 4.63. The van der Waals surface area contributed by atoms with Gasteiger partial charge in [-0.05, 0) is 25.2 Å². The monoisotopic (exact) mass is 221 g/mol. The molecule has 3 heteroatoms. The summed E-state index contributed by atoms with van der Waals surface area (Å²) in [6.45, 7) is 8.35. The molecule has 14 heavy (non-hydrogen) atoms. The van der Waals surface area contributed by atoms with Crippen LogP contribution in [0.2, 0.25) is 0 Å². The highest BCUT2D eigenvalue weighted by Crippen LogP contribution is 2.26. The van der Waals surface area contributed by atoms with Gasteiger partial charge in [0.15, 0.2) is 0 Å². The summed E-state index contributed by atoms with van der Waals surface area (Å²) < 4.78 is 5.17. The van der Waals surface area contributed by atoms with E-state index >= 15 is 0 Å². The van der Waals surface area contributed by atoms with E-state index in [-0.39, 0.29) is 11.5 Å². The summed E-state index contributed by atoms with van der Waals surface area (Å²) in [6, 6.07) is 0. The van der Waals surface area contributed by atoms with E-state index in [9.17, 15) is 0 Å². The van der Waals surface area contributed by atoms with Gasteiger partial charge in [-0.2, -0.15) is 0 Å². The van der Waals surface area contributed by atoms with Crippen molar-refractivity contribution in [3.63, 3.8) is 0 Å². The van der Waals surface area contributed by atoms with Crippen LogP contribution in [-0.4, -0.2) is 32.2 Å². The molecule has 0 aromatic carbocycles. The third-order valence-corrected chi connectivity index (χ3v) is 3.68. The van der Waals surface area contributed by atoms with Gasteiger partial charge in [0.1, 0.15) is 0 Å². The topological polar surface area (TPSA) is 21.3 Å². The Morgan fingerprint density at radius 2 is 1.93 bits per heavy atom. The molecular weight excluding hydrogens is 198 g/mol. The molecule has 0 aromatic heterocycles. The Bertz CT molecular complexity index is 129. The molecule has 0 aliphatic rings. The Balaban J connectivity index is 3.82. The van der Waals surface area contributed by atoms with Crippen LogP contribution >= 0.6 is 11.6 Å². The Labute approximate surface area is 93.4 Å². The molecule has 0 fully saturated rings. The van der Waals surface area contributed by atoms with Crippen molar-refractivity contribution in [3.05, 3.63) is 0 Å². The van der Waals surface area contributed by atoms with Gasteiger partial charge in [-0.15, -0.1) is 11.6 Å². The second kappa shape index (κ2) is 7.49. The Hall–Kier alpha value is 0.210. The first-order valence-electron chi connectivity index (χ1n) is 5.43. The number of halogens is 1. The van der Waals surface area contributed by atoms with Crippen molar-refractivity contribution < 1.29 is 4.74 Å². The molecule has 86 valence electrons. The van der Waals surface area contributed by atoms with E-state index in [0.29, 0.717) is 0 Å². The molecule has 1 unspecified atom stereocenters. The lowest BCUT2D eigenvalue weighted by atomic mass is 9.84.